The molecule has 3 fully saturated rings. The van der Waals surface area contributed by atoms with E-state index >= 15 is 0 Å². The van der Waals surface area contributed by atoms with Gasteiger partial charge in [0, 0.05) is 11.8 Å². The molecule has 0 aromatic heterocycles. The van der Waals surface area contributed by atoms with E-state index in [1.54, 1.807) is 24.3 Å². The van der Waals surface area contributed by atoms with E-state index in [0.29, 0.717) is 10.8 Å². The first-order chi connectivity index (χ1) is 10.8. The van der Waals surface area contributed by atoms with Gasteiger partial charge in [-0.25, -0.2) is 8.42 Å². The third-order valence-electron chi connectivity index (χ3n) is 5.76. The second-order valence-electron chi connectivity index (χ2n) is 7.26. The van der Waals surface area contributed by atoms with Crippen molar-refractivity contribution in [1.29, 1.82) is 0 Å². The van der Waals surface area contributed by atoms with Crippen LogP contribution in [0.4, 0.5) is 0 Å². The highest BCUT2D eigenvalue weighted by atomic mass is 32.2. The number of rotatable bonds is 4. The van der Waals surface area contributed by atoms with Crippen molar-refractivity contribution >= 4 is 15.6 Å². The van der Waals surface area contributed by atoms with Crippen LogP contribution in [0.2, 0.25) is 0 Å². The van der Waals surface area contributed by atoms with Gasteiger partial charge in [0.1, 0.15) is 5.78 Å². The van der Waals surface area contributed by atoms with Crippen LogP contribution in [0, 0.1) is 29.6 Å². The van der Waals surface area contributed by atoms with Crippen molar-refractivity contribution < 1.29 is 13.2 Å². The molecule has 1 unspecified atom stereocenters. The zero-order chi connectivity index (χ0) is 16.8. The first kappa shape index (κ1) is 16.4. The van der Waals surface area contributed by atoms with Crippen LogP contribution in [0.25, 0.3) is 0 Å². The standard InChI is InChI=1S/C19H24O3S/c1-12(2)17-10-14-9-15(18(17)19(20)13(14)3)11-23(21,22)16-7-5-4-6-8-16/h4-8,13-15,17-18H,1,9-11H2,2-3H3/t13-,14+,15+,17?,18-/m1/s1. The maximum Gasteiger partial charge on any atom is 0.178 e. The lowest BCUT2D eigenvalue weighted by atomic mass is 9.54. The molecule has 5 atom stereocenters. The highest BCUT2D eigenvalue weighted by molar-refractivity contribution is 7.91. The van der Waals surface area contributed by atoms with Crippen LogP contribution in [0.15, 0.2) is 47.4 Å². The van der Waals surface area contributed by atoms with Crippen molar-refractivity contribution in [2.45, 2.75) is 31.6 Å². The average molecular weight is 332 g/mol. The summed E-state index contributed by atoms with van der Waals surface area (Å²) < 4.78 is 25.4. The number of ketones is 1. The second kappa shape index (κ2) is 5.90. The Bertz CT molecular complexity index is 720. The predicted octanol–water partition coefficient (Wildman–Crippen LogP) is 3.51. The SMILES string of the molecule is C=C(C)C1C[C@@H]2C[C@@H](CS(=O)(=O)c3ccccc3)[C@H]1C(=O)[C@@H]2C. The Morgan fingerprint density at radius 1 is 1.22 bits per heavy atom. The molecular weight excluding hydrogens is 308 g/mol. The Morgan fingerprint density at radius 2 is 1.87 bits per heavy atom. The fourth-order valence-corrected chi connectivity index (χ4v) is 6.16. The molecule has 0 N–H and O–H groups in total. The Morgan fingerprint density at radius 3 is 2.43 bits per heavy atom. The number of allylic oxidation sites excluding steroid dienone is 1. The van der Waals surface area contributed by atoms with Crippen molar-refractivity contribution in [1.82, 2.24) is 0 Å². The summed E-state index contributed by atoms with van der Waals surface area (Å²) in [6, 6.07) is 8.56. The van der Waals surface area contributed by atoms with E-state index in [4.69, 9.17) is 0 Å². The monoisotopic (exact) mass is 332 g/mol. The number of fused-ring (bicyclic) bond motifs is 3. The highest BCUT2D eigenvalue weighted by Gasteiger charge is 2.51. The van der Waals surface area contributed by atoms with Crippen molar-refractivity contribution in [2.75, 3.05) is 5.75 Å². The van der Waals surface area contributed by atoms with Gasteiger partial charge in [0.25, 0.3) is 0 Å². The van der Waals surface area contributed by atoms with Gasteiger partial charge >= 0.3 is 0 Å². The fraction of sp³-hybridized carbons (Fsp3) is 0.526. The van der Waals surface area contributed by atoms with Gasteiger partial charge in [0.05, 0.1) is 10.6 Å². The van der Waals surface area contributed by atoms with Gasteiger partial charge in [0.15, 0.2) is 9.84 Å². The fourth-order valence-electron chi connectivity index (χ4n) is 4.49. The second-order valence-corrected chi connectivity index (χ2v) is 9.29. The Kier molecular flexibility index (Phi) is 4.21. The normalized spacial score (nSPS) is 33.7. The van der Waals surface area contributed by atoms with Gasteiger partial charge in [-0.05, 0) is 49.7 Å². The van der Waals surface area contributed by atoms with Crippen LogP contribution < -0.4 is 0 Å². The molecule has 0 aliphatic heterocycles. The van der Waals surface area contributed by atoms with Crippen molar-refractivity contribution in [3.05, 3.63) is 42.5 Å². The van der Waals surface area contributed by atoms with E-state index in [9.17, 15) is 13.2 Å². The number of hydrogen-bond donors (Lipinski definition) is 0. The molecule has 3 aliphatic carbocycles. The largest absolute Gasteiger partial charge is 0.299 e. The molecule has 0 amide bonds. The third-order valence-corrected chi connectivity index (χ3v) is 7.61. The summed E-state index contributed by atoms with van der Waals surface area (Å²) in [7, 11) is -3.35. The van der Waals surface area contributed by atoms with Crippen molar-refractivity contribution in [3.8, 4) is 0 Å². The predicted molar refractivity (Wildman–Crippen MR) is 90.7 cm³/mol. The molecule has 3 saturated carbocycles. The van der Waals surface area contributed by atoms with Gasteiger partial charge in [-0.3, -0.25) is 4.79 Å². The van der Waals surface area contributed by atoms with Crippen LogP contribution in [-0.2, 0) is 14.6 Å². The van der Waals surface area contributed by atoms with E-state index < -0.39 is 9.84 Å². The molecule has 2 bridgehead atoms. The molecular formula is C19H24O3S. The Labute approximate surface area is 138 Å². The molecule has 0 saturated heterocycles. The lowest BCUT2D eigenvalue weighted by Crippen LogP contribution is -2.51. The molecule has 4 rings (SSSR count). The summed E-state index contributed by atoms with van der Waals surface area (Å²) in [4.78, 5) is 13.1. The number of benzene rings is 1. The number of carbonyl (C=O) groups is 1. The van der Waals surface area contributed by atoms with E-state index in [-0.39, 0.29) is 35.2 Å². The molecule has 3 aliphatic rings. The Hall–Kier alpha value is -1.42. The van der Waals surface area contributed by atoms with E-state index in [2.05, 4.69) is 6.58 Å². The van der Waals surface area contributed by atoms with Gasteiger partial charge < -0.3 is 0 Å². The maximum absolute atomic E-state index is 12.7. The number of sulfone groups is 1. The summed E-state index contributed by atoms with van der Waals surface area (Å²) in [5.41, 5.74) is 1.02. The van der Waals surface area contributed by atoms with Crippen LogP contribution in [0.3, 0.4) is 0 Å². The zero-order valence-electron chi connectivity index (χ0n) is 13.7. The van der Waals surface area contributed by atoms with E-state index in [1.165, 1.54) is 0 Å². The summed E-state index contributed by atoms with van der Waals surface area (Å²) in [5, 5.41) is 0. The quantitative estimate of drug-likeness (QED) is 0.793. The van der Waals surface area contributed by atoms with Crippen molar-refractivity contribution in [3.63, 3.8) is 0 Å². The highest BCUT2D eigenvalue weighted by Crippen LogP contribution is 2.51. The average Bonchev–Trinajstić information content (AvgIpc) is 2.52. The lowest BCUT2D eigenvalue weighted by Gasteiger charge is -2.49. The van der Waals surface area contributed by atoms with E-state index in [0.717, 1.165) is 18.4 Å². The topological polar surface area (TPSA) is 51.2 Å². The van der Waals surface area contributed by atoms with Crippen molar-refractivity contribution in [2.24, 2.45) is 29.6 Å². The number of hydrogen-bond acceptors (Lipinski definition) is 3. The minimum atomic E-state index is -3.35. The minimum absolute atomic E-state index is 0.0614. The van der Waals surface area contributed by atoms with Gasteiger partial charge in [-0.15, -0.1) is 0 Å². The molecule has 0 radical (unpaired) electrons. The number of carbonyl (C=O) groups excluding carboxylic acids is 1. The Balaban J connectivity index is 1.89. The third kappa shape index (κ3) is 2.89. The molecule has 124 valence electrons. The molecule has 1 aromatic rings. The minimum Gasteiger partial charge on any atom is -0.299 e. The van der Waals surface area contributed by atoms with Crippen LogP contribution >= 0.6 is 0 Å². The van der Waals surface area contributed by atoms with Crippen LogP contribution in [-0.4, -0.2) is 20.0 Å². The lowest BCUT2D eigenvalue weighted by molar-refractivity contribution is -0.141. The first-order valence-electron chi connectivity index (χ1n) is 8.28. The molecule has 0 spiro atoms. The first-order valence-corrected chi connectivity index (χ1v) is 9.93. The molecule has 0 heterocycles. The van der Waals surface area contributed by atoms with Crippen LogP contribution in [0.5, 0.6) is 0 Å². The molecule has 4 heteroatoms. The van der Waals surface area contributed by atoms with Gasteiger partial charge in [-0.1, -0.05) is 37.3 Å². The van der Waals surface area contributed by atoms with Gasteiger partial charge in [0.2, 0.25) is 0 Å². The van der Waals surface area contributed by atoms with Gasteiger partial charge in [-0.2, -0.15) is 0 Å². The van der Waals surface area contributed by atoms with Crippen LogP contribution in [0.1, 0.15) is 26.7 Å². The smallest absolute Gasteiger partial charge is 0.178 e. The zero-order valence-corrected chi connectivity index (χ0v) is 14.6. The van der Waals surface area contributed by atoms with E-state index in [1.807, 2.05) is 19.9 Å². The summed E-state index contributed by atoms with van der Waals surface area (Å²) in [5.74, 6) is 0.564. The maximum atomic E-state index is 12.7. The molecule has 23 heavy (non-hydrogen) atoms. The number of Topliss-reactive ketones (excluding diaryl/α,β-unsaturated/α-hetero) is 1. The summed E-state index contributed by atoms with van der Waals surface area (Å²) in [6.45, 7) is 8.01. The summed E-state index contributed by atoms with van der Waals surface area (Å²) in [6.07, 6.45) is 1.82. The molecule has 3 nitrogen and oxygen atoms in total. The molecule has 1 aromatic carbocycles. The summed E-state index contributed by atoms with van der Waals surface area (Å²) >= 11 is 0.